The molecule has 1 unspecified atom stereocenters. The average molecular weight is 196 g/mol. The molecule has 1 rings (SSSR count). The normalized spacial score (nSPS) is 13.1. The van der Waals surface area contributed by atoms with E-state index in [1.54, 1.807) is 0 Å². The minimum Gasteiger partial charge on any atom is -0.324 e. The predicted octanol–water partition coefficient (Wildman–Crippen LogP) is 1.66. The number of nitrogens with zero attached hydrogens (tertiary/aromatic N) is 3. The summed E-state index contributed by atoms with van der Waals surface area (Å²) in [4.78, 5) is 0. The minimum absolute atomic E-state index is 0.467. The number of rotatable bonds is 5. The molecule has 4 heteroatoms. The molecular weight excluding hydrogens is 176 g/mol. The van der Waals surface area contributed by atoms with E-state index in [1.807, 2.05) is 0 Å². The zero-order valence-corrected chi connectivity index (χ0v) is 9.32. The van der Waals surface area contributed by atoms with Crippen LogP contribution in [-0.2, 0) is 13.1 Å². The van der Waals surface area contributed by atoms with E-state index >= 15 is 0 Å². The first-order valence-corrected chi connectivity index (χ1v) is 5.36. The van der Waals surface area contributed by atoms with Crippen LogP contribution >= 0.6 is 0 Å². The Bertz CT molecular complexity index is 280. The van der Waals surface area contributed by atoms with Crippen LogP contribution in [0.3, 0.4) is 0 Å². The Morgan fingerprint density at radius 1 is 1.36 bits per heavy atom. The van der Waals surface area contributed by atoms with Gasteiger partial charge in [-0.1, -0.05) is 20.8 Å². The van der Waals surface area contributed by atoms with Gasteiger partial charge in [-0.15, -0.1) is 10.2 Å². The number of hydrogen-bond acceptors (Lipinski definition) is 3. The zero-order valence-electron chi connectivity index (χ0n) is 9.32. The van der Waals surface area contributed by atoms with E-state index in [2.05, 4.69) is 35.5 Å². The van der Waals surface area contributed by atoms with Gasteiger partial charge in [-0.3, -0.25) is 0 Å². The van der Waals surface area contributed by atoms with Crippen LogP contribution in [0.15, 0.2) is 0 Å². The third kappa shape index (κ3) is 2.12. The van der Waals surface area contributed by atoms with Crippen LogP contribution in [0.5, 0.6) is 0 Å². The summed E-state index contributed by atoms with van der Waals surface area (Å²) in [5.74, 6) is 2.45. The molecule has 0 saturated carbocycles. The molecule has 0 aliphatic carbocycles. The third-order valence-electron chi connectivity index (χ3n) is 2.54. The summed E-state index contributed by atoms with van der Waals surface area (Å²) in [5, 5.41) is 8.32. The van der Waals surface area contributed by atoms with Gasteiger partial charge in [-0.2, -0.15) is 0 Å². The number of hydrogen-bond donors (Lipinski definition) is 1. The van der Waals surface area contributed by atoms with E-state index in [-0.39, 0.29) is 0 Å². The van der Waals surface area contributed by atoms with E-state index in [4.69, 9.17) is 5.73 Å². The van der Waals surface area contributed by atoms with E-state index < -0.39 is 0 Å². The smallest absolute Gasteiger partial charge is 0.146 e. The molecule has 2 N–H and O–H groups in total. The Balaban J connectivity index is 2.97. The van der Waals surface area contributed by atoms with Gasteiger partial charge >= 0.3 is 0 Å². The molecule has 1 aromatic heterocycles. The summed E-state index contributed by atoms with van der Waals surface area (Å²) in [7, 11) is 0. The lowest BCUT2D eigenvalue weighted by molar-refractivity contribution is 0.564. The molecule has 0 aliphatic heterocycles. The van der Waals surface area contributed by atoms with Gasteiger partial charge in [-0.05, 0) is 12.8 Å². The van der Waals surface area contributed by atoms with Crippen LogP contribution in [0.2, 0.25) is 0 Å². The number of aromatic nitrogens is 3. The standard InChI is InChI=1S/C10H20N4/c1-4-6-14-9(7-11)12-13-10(14)8(3)5-2/h8H,4-7,11H2,1-3H3. The van der Waals surface area contributed by atoms with Crippen molar-refractivity contribution in [3.63, 3.8) is 0 Å². The van der Waals surface area contributed by atoms with Gasteiger partial charge in [0, 0.05) is 12.5 Å². The number of nitrogens with two attached hydrogens (primary N) is 1. The summed E-state index contributed by atoms with van der Waals surface area (Å²) in [6.45, 7) is 7.94. The Labute approximate surface area is 85.5 Å². The van der Waals surface area contributed by atoms with E-state index in [1.165, 1.54) is 0 Å². The molecule has 0 saturated heterocycles. The van der Waals surface area contributed by atoms with Crippen LogP contribution in [0.25, 0.3) is 0 Å². The average Bonchev–Trinajstić information content (AvgIpc) is 2.60. The lowest BCUT2D eigenvalue weighted by Gasteiger charge is -2.11. The lowest BCUT2D eigenvalue weighted by atomic mass is 10.1. The van der Waals surface area contributed by atoms with Gasteiger partial charge < -0.3 is 10.3 Å². The molecule has 0 fully saturated rings. The summed E-state index contributed by atoms with van der Waals surface area (Å²) < 4.78 is 2.16. The molecule has 0 aliphatic rings. The molecule has 14 heavy (non-hydrogen) atoms. The van der Waals surface area contributed by atoms with Crippen LogP contribution in [0.4, 0.5) is 0 Å². The fourth-order valence-corrected chi connectivity index (χ4v) is 1.51. The van der Waals surface area contributed by atoms with Crippen molar-refractivity contribution in [1.82, 2.24) is 14.8 Å². The van der Waals surface area contributed by atoms with Gasteiger partial charge in [0.25, 0.3) is 0 Å². The fraction of sp³-hybridized carbons (Fsp3) is 0.800. The van der Waals surface area contributed by atoms with Crippen LogP contribution in [-0.4, -0.2) is 14.8 Å². The molecule has 1 aromatic rings. The quantitative estimate of drug-likeness (QED) is 0.779. The summed E-state index contributed by atoms with van der Waals surface area (Å²) in [6.07, 6.45) is 2.18. The lowest BCUT2D eigenvalue weighted by Crippen LogP contribution is -2.12. The topological polar surface area (TPSA) is 56.7 Å². The molecule has 0 amide bonds. The maximum Gasteiger partial charge on any atom is 0.146 e. The first-order valence-electron chi connectivity index (χ1n) is 5.36. The van der Waals surface area contributed by atoms with Gasteiger partial charge in [0.1, 0.15) is 11.6 Å². The first kappa shape index (κ1) is 11.2. The van der Waals surface area contributed by atoms with Gasteiger partial charge in [0.15, 0.2) is 0 Å². The van der Waals surface area contributed by atoms with Crippen LogP contribution < -0.4 is 5.73 Å². The van der Waals surface area contributed by atoms with Crippen molar-refractivity contribution in [1.29, 1.82) is 0 Å². The highest BCUT2D eigenvalue weighted by molar-refractivity contribution is 5.00. The third-order valence-corrected chi connectivity index (χ3v) is 2.54. The Hall–Kier alpha value is -0.900. The second kappa shape index (κ2) is 5.10. The monoisotopic (exact) mass is 196 g/mol. The predicted molar refractivity (Wildman–Crippen MR) is 56.9 cm³/mol. The maximum absolute atomic E-state index is 5.61. The van der Waals surface area contributed by atoms with Crippen molar-refractivity contribution < 1.29 is 0 Å². The van der Waals surface area contributed by atoms with Crippen LogP contribution in [0, 0.1) is 0 Å². The van der Waals surface area contributed by atoms with E-state index in [0.717, 1.165) is 31.0 Å². The van der Waals surface area contributed by atoms with Crippen molar-refractivity contribution in [2.24, 2.45) is 5.73 Å². The van der Waals surface area contributed by atoms with Gasteiger partial charge in [0.2, 0.25) is 0 Å². The molecule has 1 heterocycles. The van der Waals surface area contributed by atoms with E-state index in [9.17, 15) is 0 Å². The second-order valence-electron chi connectivity index (χ2n) is 3.64. The first-order chi connectivity index (χ1) is 6.74. The fourth-order valence-electron chi connectivity index (χ4n) is 1.51. The van der Waals surface area contributed by atoms with Crippen molar-refractivity contribution >= 4 is 0 Å². The molecule has 1 atom stereocenters. The van der Waals surface area contributed by atoms with Crippen molar-refractivity contribution in [2.75, 3.05) is 0 Å². The Kier molecular flexibility index (Phi) is 4.07. The SMILES string of the molecule is CCCn1c(CN)nnc1C(C)CC. The molecular formula is C10H20N4. The maximum atomic E-state index is 5.61. The van der Waals surface area contributed by atoms with Crippen molar-refractivity contribution in [3.05, 3.63) is 11.6 Å². The second-order valence-corrected chi connectivity index (χ2v) is 3.64. The van der Waals surface area contributed by atoms with Crippen molar-refractivity contribution in [3.8, 4) is 0 Å². The molecule has 0 aromatic carbocycles. The molecule has 4 nitrogen and oxygen atoms in total. The molecule has 0 spiro atoms. The van der Waals surface area contributed by atoms with Crippen LogP contribution in [0.1, 0.15) is 51.2 Å². The Morgan fingerprint density at radius 3 is 2.57 bits per heavy atom. The largest absolute Gasteiger partial charge is 0.324 e. The summed E-state index contributed by atoms with van der Waals surface area (Å²) in [5.41, 5.74) is 5.61. The van der Waals surface area contributed by atoms with Gasteiger partial charge in [0.05, 0.1) is 6.54 Å². The Morgan fingerprint density at radius 2 is 2.07 bits per heavy atom. The van der Waals surface area contributed by atoms with Crippen molar-refractivity contribution in [2.45, 2.75) is 52.6 Å². The molecule has 80 valence electrons. The highest BCUT2D eigenvalue weighted by Crippen LogP contribution is 2.17. The summed E-state index contributed by atoms with van der Waals surface area (Å²) in [6, 6.07) is 0. The zero-order chi connectivity index (χ0) is 10.6. The van der Waals surface area contributed by atoms with Gasteiger partial charge in [-0.25, -0.2) is 0 Å². The molecule has 0 radical (unpaired) electrons. The summed E-state index contributed by atoms with van der Waals surface area (Å²) >= 11 is 0. The van der Waals surface area contributed by atoms with E-state index in [0.29, 0.717) is 12.5 Å². The minimum atomic E-state index is 0.467. The highest BCUT2D eigenvalue weighted by Gasteiger charge is 2.14. The molecule has 0 bridgehead atoms. The highest BCUT2D eigenvalue weighted by atomic mass is 15.3.